The fourth-order valence-electron chi connectivity index (χ4n) is 5.50. The van der Waals surface area contributed by atoms with Crippen LogP contribution in [-0.4, -0.2) is 0 Å². The van der Waals surface area contributed by atoms with Crippen molar-refractivity contribution in [1.82, 2.24) is 0 Å². The summed E-state index contributed by atoms with van der Waals surface area (Å²) in [6, 6.07) is 44.1. The first kappa shape index (κ1) is 21.4. The van der Waals surface area contributed by atoms with E-state index in [0.29, 0.717) is 0 Å². The highest BCUT2D eigenvalue weighted by Gasteiger charge is 2.36. The highest BCUT2D eigenvalue weighted by molar-refractivity contribution is 5.86. The van der Waals surface area contributed by atoms with Crippen molar-refractivity contribution in [2.24, 2.45) is 0 Å². The van der Waals surface area contributed by atoms with Crippen LogP contribution >= 0.6 is 0 Å². The van der Waals surface area contributed by atoms with Crippen LogP contribution in [0, 0.1) is 6.92 Å². The highest BCUT2D eigenvalue weighted by Crippen LogP contribution is 2.51. The summed E-state index contributed by atoms with van der Waals surface area (Å²) >= 11 is 0. The maximum absolute atomic E-state index is 2.41. The van der Waals surface area contributed by atoms with Crippen molar-refractivity contribution in [2.45, 2.75) is 26.2 Å². The molecule has 5 aromatic carbocycles. The molecule has 0 atom stereocenters. The van der Waals surface area contributed by atoms with Crippen molar-refractivity contribution >= 4 is 17.1 Å². The van der Waals surface area contributed by atoms with Crippen LogP contribution in [0.5, 0.6) is 0 Å². The van der Waals surface area contributed by atoms with Crippen molar-refractivity contribution in [3.8, 4) is 22.3 Å². The number of aryl methyl sites for hydroxylation is 1. The second-order valence-corrected chi connectivity index (χ2v) is 10.00. The summed E-state index contributed by atoms with van der Waals surface area (Å²) in [5.74, 6) is 0. The number of fused-ring (bicyclic) bond motifs is 2. The lowest BCUT2D eigenvalue weighted by Gasteiger charge is -2.42. The van der Waals surface area contributed by atoms with Gasteiger partial charge in [-0.2, -0.15) is 0 Å². The van der Waals surface area contributed by atoms with Gasteiger partial charge in [0.1, 0.15) is 0 Å². The van der Waals surface area contributed by atoms with Gasteiger partial charge >= 0.3 is 0 Å². The van der Waals surface area contributed by atoms with Crippen LogP contribution in [0.4, 0.5) is 17.1 Å². The largest absolute Gasteiger partial charge is 0.310 e. The van der Waals surface area contributed by atoms with Crippen molar-refractivity contribution < 1.29 is 0 Å². The molecule has 0 N–H and O–H groups in total. The molecule has 1 aliphatic heterocycles. The van der Waals surface area contributed by atoms with Crippen LogP contribution in [0.3, 0.4) is 0 Å². The summed E-state index contributed by atoms with van der Waals surface area (Å²) in [5.41, 5.74) is 12.6. The van der Waals surface area contributed by atoms with Gasteiger partial charge < -0.3 is 4.90 Å². The zero-order chi connectivity index (χ0) is 24.0. The molecule has 6 rings (SSSR count). The number of benzene rings is 5. The predicted octanol–water partition coefficient (Wildman–Crippen LogP) is 9.44. The molecule has 0 saturated heterocycles. The number of para-hydroxylation sites is 2. The van der Waals surface area contributed by atoms with Crippen LogP contribution in [0.25, 0.3) is 22.3 Å². The summed E-state index contributed by atoms with van der Waals surface area (Å²) < 4.78 is 0. The minimum atomic E-state index is -0.0426. The maximum Gasteiger partial charge on any atom is 0.0502 e. The average Bonchev–Trinajstić information content (AvgIpc) is 2.89. The Morgan fingerprint density at radius 2 is 0.971 bits per heavy atom. The summed E-state index contributed by atoms with van der Waals surface area (Å²) in [7, 11) is 0. The lowest BCUT2D eigenvalue weighted by atomic mass is 9.73. The van der Waals surface area contributed by atoms with Gasteiger partial charge in [-0.15, -0.1) is 0 Å². The lowest BCUT2D eigenvalue weighted by molar-refractivity contribution is 0.632. The fraction of sp³-hybridized carbons (Fsp3) is 0.118. The molecule has 0 bridgehead atoms. The molecule has 1 heterocycles. The molecule has 0 saturated carbocycles. The van der Waals surface area contributed by atoms with Gasteiger partial charge in [-0.25, -0.2) is 0 Å². The van der Waals surface area contributed by atoms with E-state index >= 15 is 0 Å². The highest BCUT2D eigenvalue weighted by atomic mass is 15.2. The molecule has 0 aliphatic carbocycles. The second-order valence-electron chi connectivity index (χ2n) is 10.00. The third-order valence-corrected chi connectivity index (χ3v) is 7.28. The molecule has 0 radical (unpaired) electrons. The van der Waals surface area contributed by atoms with Gasteiger partial charge in [0.15, 0.2) is 0 Å². The summed E-state index contributed by atoms with van der Waals surface area (Å²) in [6.45, 7) is 6.83. The van der Waals surface area contributed by atoms with E-state index < -0.39 is 0 Å². The van der Waals surface area contributed by atoms with Gasteiger partial charge in [0.2, 0.25) is 0 Å². The fourth-order valence-corrected chi connectivity index (χ4v) is 5.50. The molecular weight excluding hydrogens is 422 g/mol. The Morgan fingerprint density at radius 1 is 0.486 bits per heavy atom. The molecule has 0 spiro atoms. The standard InChI is InChI=1S/C34H29N/c1-24-21-27(25-11-5-4-6-12-25)23-28(22-24)26-17-19-29(20-18-26)35-32-15-9-7-13-30(32)34(2,3)31-14-8-10-16-33(31)35/h4-23H,1-3H3. The molecule has 0 aromatic heterocycles. The lowest BCUT2D eigenvalue weighted by Crippen LogP contribution is -2.30. The topological polar surface area (TPSA) is 3.24 Å². The van der Waals surface area contributed by atoms with Gasteiger partial charge in [0, 0.05) is 11.1 Å². The Labute approximate surface area is 208 Å². The first-order valence-corrected chi connectivity index (χ1v) is 12.3. The van der Waals surface area contributed by atoms with Crippen LogP contribution < -0.4 is 4.90 Å². The Hall–Kier alpha value is -4.10. The zero-order valence-corrected chi connectivity index (χ0v) is 20.5. The van der Waals surface area contributed by atoms with E-state index in [1.54, 1.807) is 0 Å². The number of nitrogens with zero attached hydrogens (tertiary/aromatic N) is 1. The van der Waals surface area contributed by atoms with Gasteiger partial charge in [-0.05, 0) is 76.2 Å². The van der Waals surface area contributed by atoms with Crippen LogP contribution in [0.15, 0.2) is 121 Å². The Kier molecular flexibility index (Phi) is 5.07. The molecule has 1 heteroatoms. The monoisotopic (exact) mass is 451 g/mol. The SMILES string of the molecule is Cc1cc(-c2ccccc2)cc(-c2ccc(N3c4ccccc4C(C)(C)c4ccccc43)cc2)c1. The van der Waals surface area contributed by atoms with E-state index in [-0.39, 0.29) is 5.41 Å². The van der Waals surface area contributed by atoms with Gasteiger partial charge in [0.25, 0.3) is 0 Å². The van der Waals surface area contributed by atoms with Crippen LogP contribution in [-0.2, 0) is 5.41 Å². The predicted molar refractivity (Wildman–Crippen MR) is 149 cm³/mol. The number of rotatable bonds is 3. The summed E-state index contributed by atoms with van der Waals surface area (Å²) in [4.78, 5) is 2.41. The molecule has 35 heavy (non-hydrogen) atoms. The third-order valence-electron chi connectivity index (χ3n) is 7.28. The molecular formula is C34H29N. The van der Waals surface area contributed by atoms with Crippen molar-refractivity contribution in [2.75, 3.05) is 4.90 Å². The molecule has 0 unspecified atom stereocenters. The van der Waals surface area contributed by atoms with Crippen molar-refractivity contribution in [3.63, 3.8) is 0 Å². The first-order valence-electron chi connectivity index (χ1n) is 12.3. The Balaban J connectivity index is 1.43. The minimum Gasteiger partial charge on any atom is -0.310 e. The summed E-state index contributed by atoms with van der Waals surface area (Å²) in [5, 5.41) is 0. The number of anilines is 3. The zero-order valence-electron chi connectivity index (χ0n) is 20.5. The van der Waals surface area contributed by atoms with Gasteiger partial charge in [0.05, 0.1) is 11.4 Å². The Morgan fingerprint density at radius 3 is 1.54 bits per heavy atom. The maximum atomic E-state index is 2.41. The van der Waals surface area contributed by atoms with E-state index in [1.165, 1.54) is 56.0 Å². The quantitative estimate of drug-likeness (QED) is 0.264. The third kappa shape index (κ3) is 3.65. The van der Waals surface area contributed by atoms with Crippen molar-refractivity contribution in [3.05, 3.63) is 138 Å². The molecule has 0 amide bonds. The molecule has 1 aliphatic rings. The van der Waals surface area contributed by atoms with Crippen molar-refractivity contribution in [1.29, 1.82) is 0 Å². The van der Waals surface area contributed by atoms with E-state index in [0.717, 1.165) is 0 Å². The summed E-state index contributed by atoms with van der Waals surface area (Å²) in [6.07, 6.45) is 0. The second kappa shape index (κ2) is 8.29. The van der Waals surface area contributed by atoms with Gasteiger partial charge in [-0.1, -0.05) is 105 Å². The molecule has 170 valence electrons. The van der Waals surface area contributed by atoms with E-state index in [4.69, 9.17) is 0 Å². The normalized spacial score (nSPS) is 13.7. The number of hydrogen-bond acceptors (Lipinski definition) is 1. The van der Waals surface area contributed by atoms with E-state index in [2.05, 4.69) is 147 Å². The minimum absolute atomic E-state index is 0.0426. The first-order chi connectivity index (χ1) is 17.0. The van der Waals surface area contributed by atoms with Crippen LogP contribution in [0.1, 0.15) is 30.5 Å². The smallest absolute Gasteiger partial charge is 0.0502 e. The molecule has 1 nitrogen and oxygen atoms in total. The van der Waals surface area contributed by atoms with E-state index in [9.17, 15) is 0 Å². The Bertz CT molecular complexity index is 1460. The van der Waals surface area contributed by atoms with E-state index in [1.807, 2.05) is 0 Å². The number of hydrogen-bond donors (Lipinski definition) is 0. The van der Waals surface area contributed by atoms with Gasteiger partial charge in [-0.3, -0.25) is 0 Å². The van der Waals surface area contributed by atoms with Crippen LogP contribution in [0.2, 0.25) is 0 Å². The average molecular weight is 452 g/mol. The molecule has 0 fully saturated rings. The molecule has 5 aromatic rings.